The minimum absolute atomic E-state index is 1.10. The summed E-state index contributed by atoms with van der Waals surface area (Å²) < 4.78 is 2.39. The molecule has 0 amide bonds. The number of hydrogen-bond acceptors (Lipinski definition) is 1. The van der Waals surface area contributed by atoms with Gasteiger partial charge in [0, 0.05) is 33.4 Å². The first kappa shape index (κ1) is 31.6. The van der Waals surface area contributed by atoms with Crippen LogP contribution in [0.25, 0.3) is 71.6 Å². The number of fused-ring (bicyclic) bond motifs is 4. The van der Waals surface area contributed by atoms with E-state index < -0.39 is 0 Å². The van der Waals surface area contributed by atoms with Gasteiger partial charge in [0.15, 0.2) is 0 Å². The summed E-state index contributed by atoms with van der Waals surface area (Å²) in [5, 5.41) is 4.98. The van der Waals surface area contributed by atoms with Gasteiger partial charge in [-0.1, -0.05) is 164 Å². The van der Waals surface area contributed by atoms with E-state index >= 15 is 0 Å². The average molecular weight is 689 g/mol. The van der Waals surface area contributed by atoms with Gasteiger partial charge in [-0.05, 0) is 93.2 Å². The van der Waals surface area contributed by atoms with Gasteiger partial charge in [-0.15, -0.1) is 0 Å². The highest BCUT2D eigenvalue weighted by Gasteiger charge is 2.20. The molecule has 1 aromatic heterocycles. The zero-order chi connectivity index (χ0) is 35.8. The van der Waals surface area contributed by atoms with Crippen LogP contribution >= 0.6 is 0 Å². The summed E-state index contributed by atoms with van der Waals surface area (Å²) in [7, 11) is 0. The maximum Gasteiger partial charge on any atom is 0.0547 e. The van der Waals surface area contributed by atoms with E-state index in [1.807, 2.05) is 0 Å². The normalized spacial score (nSPS) is 11.3. The summed E-state index contributed by atoms with van der Waals surface area (Å²) in [6, 6.07) is 78.9. The zero-order valence-corrected chi connectivity index (χ0v) is 29.7. The number of hydrogen-bond donors (Lipinski definition) is 0. The van der Waals surface area contributed by atoms with Crippen LogP contribution in [0.4, 0.5) is 17.1 Å². The van der Waals surface area contributed by atoms with Gasteiger partial charge >= 0.3 is 0 Å². The van der Waals surface area contributed by atoms with Crippen molar-refractivity contribution in [3.63, 3.8) is 0 Å². The fourth-order valence-electron chi connectivity index (χ4n) is 8.15. The first-order valence-electron chi connectivity index (χ1n) is 18.5. The van der Waals surface area contributed by atoms with Crippen LogP contribution in [0.1, 0.15) is 0 Å². The number of anilines is 3. The van der Waals surface area contributed by atoms with Crippen LogP contribution in [-0.4, -0.2) is 4.57 Å². The van der Waals surface area contributed by atoms with Gasteiger partial charge in [-0.3, -0.25) is 0 Å². The van der Waals surface area contributed by atoms with Gasteiger partial charge in [0.25, 0.3) is 0 Å². The van der Waals surface area contributed by atoms with Crippen LogP contribution in [0.5, 0.6) is 0 Å². The Kier molecular flexibility index (Phi) is 7.85. The van der Waals surface area contributed by atoms with Crippen molar-refractivity contribution in [3.8, 4) is 39.1 Å². The molecule has 9 aromatic carbocycles. The summed E-state index contributed by atoms with van der Waals surface area (Å²) in [6.07, 6.45) is 0. The molecule has 10 rings (SSSR count). The molecule has 0 radical (unpaired) electrons. The molecule has 0 aliphatic carbocycles. The molecule has 0 unspecified atom stereocenters. The molecule has 0 saturated heterocycles. The Hall–Kier alpha value is -7.16. The molecule has 0 atom stereocenters. The highest BCUT2D eigenvalue weighted by Crippen LogP contribution is 2.45. The van der Waals surface area contributed by atoms with E-state index in [1.165, 1.54) is 60.4 Å². The predicted octanol–water partition coefficient (Wildman–Crippen LogP) is 14.4. The van der Waals surface area contributed by atoms with Gasteiger partial charge in [-0.2, -0.15) is 0 Å². The standard InChI is InChI=1S/C52H36N2/c1-4-17-37(18-5-1)44-29-15-19-38-20-16-30-48(52(38)44)46-28-11-12-31-49(46)53(41-22-6-2-7-23-41)43-26-14-21-39(35-43)40-33-34-47-45-27-10-13-32-50(45)54(51(47)36-40)42-24-8-3-9-25-42/h1-36H. The van der Waals surface area contributed by atoms with Crippen molar-refractivity contribution >= 4 is 49.6 Å². The molecule has 0 aliphatic rings. The molecular formula is C52H36N2. The molecule has 54 heavy (non-hydrogen) atoms. The van der Waals surface area contributed by atoms with Gasteiger partial charge in [0.05, 0.1) is 16.7 Å². The molecule has 2 heteroatoms. The molecule has 0 spiro atoms. The van der Waals surface area contributed by atoms with E-state index in [1.54, 1.807) is 0 Å². The lowest BCUT2D eigenvalue weighted by Gasteiger charge is -2.28. The van der Waals surface area contributed by atoms with Crippen LogP contribution in [0.15, 0.2) is 218 Å². The van der Waals surface area contributed by atoms with Crippen LogP contribution in [0.3, 0.4) is 0 Å². The minimum atomic E-state index is 1.10. The van der Waals surface area contributed by atoms with Gasteiger partial charge in [0.1, 0.15) is 0 Å². The predicted molar refractivity (Wildman–Crippen MR) is 229 cm³/mol. The summed E-state index contributed by atoms with van der Waals surface area (Å²) in [5.74, 6) is 0. The van der Waals surface area contributed by atoms with E-state index in [2.05, 4.69) is 228 Å². The Bertz CT molecular complexity index is 2920. The van der Waals surface area contributed by atoms with Crippen molar-refractivity contribution in [2.45, 2.75) is 0 Å². The maximum atomic E-state index is 2.41. The smallest absolute Gasteiger partial charge is 0.0547 e. The molecule has 10 aromatic rings. The van der Waals surface area contributed by atoms with Crippen molar-refractivity contribution in [1.29, 1.82) is 0 Å². The second kappa shape index (κ2) is 13.4. The van der Waals surface area contributed by atoms with Gasteiger partial charge < -0.3 is 9.47 Å². The average Bonchev–Trinajstić information content (AvgIpc) is 3.58. The van der Waals surface area contributed by atoms with Crippen molar-refractivity contribution in [3.05, 3.63) is 218 Å². The van der Waals surface area contributed by atoms with E-state index in [0.29, 0.717) is 0 Å². The van der Waals surface area contributed by atoms with E-state index in [9.17, 15) is 0 Å². The Morgan fingerprint density at radius 2 is 0.907 bits per heavy atom. The Morgan fingerprint density at radius 1 is 0.333 bits per heavy atom. The van der Waals surface area contributed by atoms with Gasteiger partial charge in [0.2, 0.25) is 0 Å². The Morgan fingerprint density at radius 3 is 1.72 bits per heavy atom. The molecule has 0 N–H and O–H groups in total. The Labute approximate surface area is 315 Å². The highest BCUT2D eigenvalue weighted by atomic mass is 15.1. The fraction of sp³-hybridized carbons (Fsp3) is 0. The van der Waals surface area contributed by atoms with Crippen molar-refractivity contribution in [2.24, 2.45) is 0 Å². The number of para-hydroxylation sites is 4. The van der Waals surface area contributed by atoms with Crippen molar-refractivity contribution in [1.82, 2.24) is 4.57 Å². The number of aromatic nitrogens is 1. The molecule has 0 bridgehead atoms. The third kappa shape index (κ3) is 5.44. The third-order valence-electron chi connectivity index (χ3n) is 10.6. The summed E-state index contributed by atoms with van der Waals surface area (Å²) >= 11 is 0. The first-order valence-corrected chi connectivity index (χ1v) is 18.5. The molecule has 2 nitrogen and oxygen atoms in total. The van der Waals surface area contributed by atoms with Crippen molar-refractivity contribution in [2.75, 3.05) is 4.90 Å². The molecule has 0 saturated carbocycles. The molecule has 0 aliphatic heterocycles. The fourth-order valence-corrected chi connectivity index (χ4v) is 8.15. The van der Waals surface area contributed by atoms with E-state index in [4.69, 9.17) is 0 Å². The molecule has 0 fully saturated rings. The number of benzene rings is 9. The van der Waals surface area contributed by atoms with Crippen molar-refractivity contribution < 1.29 is 0 Å². The van der Waals surface area contributed by atoms with Crippen LogP contribution in [0.2, 0.25) is 0 Å². The van der Waals surface area contributed by atoms with Gasteiger partial charge in [-0.25, -0.2) is 0 Å². The monoisotopic (exact) mass is 688 g/mol. The lowest BCUT2D eigenvalue weighted by Crippen LogP contribution is -2.11. The lowest BCUT2D eigenvalue weighted by molar-refractivity contribution is 1.18. The number of nitrogens with zero attached hydrogens (tertiary/aromatic N) is 2. The number of rotatable bonds is 7. The van der Waals surface area contributed by atoms with E-state index in [0.717, 1.165) is 28.3 Å². The summed E-state index contributed by atoms with van der Waals surface area (Å²) in [5.41, 5.74) is 14.0. The maximum absolute atomic E-state index is 2.41. The quantitative estimate of drug-likeness (QED) is 0.162. The van der Waals surface area contributed by atoms with E-state index in [-0.39, 0.29) is 0 Å². The lowest BCUT2D eigenvalue weighted by atomic mass is 9.90. The summed E-state index contributed by atoms with van der Waals surface area (Å²) in [4.78, 5) is 2.41. The largest absolute Gasteiger partial charge is 0.310 e. The molecule has 254 valence electrons. The summed E-state index contributed by atoms with van der Waals surface area (Å²) in [6.45, 7) is 0. The third-order valence-corrected chi connectivity index (χ3v) is 10.6. The highest BCUT2D eigenvalue weighted by molar-refractivity contribution is 6.11. The second-order valence-electron chi connectivity index (χ2n) is 13.7. The molecule has 1 heterocycles. The zero-order valence-electron chi connectivity index (χ0n) is 29.7. The topological polar surface area (TPSA) is 8.17 Å². The van der Waals surface area contributed by atoms with Crippen LogP contribution < -0.4 is 4.90 Å². The van der Waals surface area contributed by atoms with Crippen LogP contribution in [0, 0.1) is 0 Å². The Balaban J connectivity index is 1.16. The van der Waals surface area contributed by atoms with Crippen LogP contribution in [-0.2, 0) is 0 Å². The first-order chi connectivity index (χ1) is 26.8. The minimum Gasteiger partial charge on any atom is -0.310 e. The molecular weight excluding hydrogens is 653 g/mol. The second-order valence-corrected chi connectivity index (χ2v) is 13.7. The SMILES string of the molecule is c1ccc(-c2cccc3cccc(-c4ccccc4N(c4ccccc4)c4cccc(-c5ccc6c7ccccc7n(-c7ccccc7)c6c5)c4)c23)cc1.